The second-order valence-corrected chi connectivity index (χ2v) is 7.25. The number of halogens is 1. The number of nitrogens with zero attached hydrogens (tertiary/aromatic N) is 1. The van der Waals surface area contributed by atoms with E-state index < -0.39 is 0 Å². The van der Waals surface area contributed by atoms with E-state index in [-0.39, 0.29) is 11.9 Å². The molecule has 1 aromatic heterocycles. The molecular weight excluding hydrogens is 316 g/mol. The quantitative estimate of drug-likeness (QED) is 0.904. The number of amides is 1. The number of carbonyl (C=O) groups is 1. The molecule has 0 unspecified atom stereocenters. The summed E-state index contributed by atoms with van der Waals surface area (Å²) in [5.74, 6) is 0.119. The summed E-state index contributed by atoms with van der Waals surface area (Å²) < 4.78 is 0. The SMILES string of the molecule is Cc1cc(C(=O)N2CCC(N)CC2)sc1-c1cccc(Cl)c1. The first-order valence-electron chi connectivity index (χ1n) is 7.46. The highest BCUT2D eigenvalue weighted by atomic mass is 35.5. The van der Waals surface area contributed by atoms with E-state index in [1.807, 2.05) is 42.2 Å². The molecule has 1 fully saturated rings. The number of likely N-dealkylation sites (tertiary alicyclic amines) is 1. The fourth-order valence-corrected chi connectivity index (χ4v) is 4.09. The van der Waals surface area contributed by atoms with Crippen LogP contribution in [0.2, 0.25) is 5.02 Å². The van der Waals surface area contributed by atoms with E-state index in [1.165, 1.54) is 0 Å². The zero-order chi connectivity index (χ0) is 15.7. The van der Waals surface area contributed by atoms with Gasteiger partial charge in [0.2, 0.25) is 0 Å². The molecule has 0 bridgehead atoms. The number of nitrogens with two attached hydrogens (primary N) is 1. The van der Waals surface area contributed by atoms with E-state index in [9.17, 15) is 4.79 Å². The molecule has 2 N–H and O–H groups in total. The number of benzene rings is 1. The third-order valence-corrected chi connectivity index (χ3v) is 5.55. The Morgan fingerprint density at radius 1 is 1.32 bits per heavy atom. The number of thiophene rings is 1. The third-order valence-electron chi connectivity index (χ3n) is 4.04. The number of aryl methyl sites for hydroxylation is 1. The molecule has 0 radical (unpaired) electrons. The Morgan fingerprint density at radius 3 is 2.73 bits per heavy atom. The van der Waals surface area contributed by atoms with E-state index in [0.29, 0.717) is 5.02 Å². The van der Waals surface area contributed by atoms with Gasteiger partial charge in [-0.25, -0.2) is 0 Å². The Bertz CT molecular complexity index is 690. The minimum atomic E-state index is 0.119. The minimum Gasteiger partial charge on any atom is -0.338 e. The lowest BCUT2D eigenvalue weighted by Crippen LogP contribution is -2.42. The van der Waals surface area contributed by atoms with Crippen LogP contribution in [-0.2, 0) is 0 Å². The van der Waals surface area contributed by atoms with Crippen molar-refractivity contribution in [3.05, 3.63) is 45.8 Å². The molecule has 116 valence electrons. The van der Waals surface area contributed by atoms with Crippen molar-refractivity contribution in [2.24, 2.45) is 5.73 Å². The van der Waals surface area contributed by atoms with Gasteiger partial charge in [-0.3, -0.25) is 4.79 Å². The van der Waals surface area contributed by atoms with Crippen LogP contribution in [0, 0.1) is 6.92 Å². The van der Waals surface area contributed by atoms with Crippen LogP contribution in [0.4, 0.5) is 0 Å². The van der Waals surface area contributed by atoms with Crippen LogP contribution in [0.25, 0.3) is 10.4 Å². The van der Waals surface area contributed by atoms with Gasteiger partial charge in [0.25, 0.3) is 5.91 Å². The van der Waals surface area contributed by atoms with Crippen molar-refractivity contribution in [2.45, 2.75) is 25.8 Å². The normalized spacial score (nSPS) is 16.0. The second-order valence-electron chi connectivity index (χ2n) is 5.76. The Morgan fingerprint density at radius 2 is 2.05 bits per heavy atom. The molecule has 1 aliphatic heterocycles. The lowest BCUT2D eigenvalue weighted by molar-refractivity contribution is 0.0719. The minimum absolute atomic E-state index is 0.119. The maximum absolute atomic E-state index is 12.6. The van der Waals surface area contributed by atoms with Gasteiger partial charge in [-0.2, -0.15) is 0 Å². The van der Waals surface area contributed by atoms with E-state index in [4.69, 9.17) is 17.3 Å². The first-order valence-corrected chi connectivity index (χ1v) is 8.65. The van der Waals surface area contributed by atoms with Crippen molar-refractivity contribution in [3.63, 3.8) is 0 Å². The van der Waals surface area contributed by atoms with Crippen LogP contribution in [0.5, 0.6) is 0 Å². The molecule has 3 rings (SSSR count). The summed E-state index contributed by atoms with van der Waals surface area (Å²) in [4.78, 5) is 16.5. The molecule has 2 aromatic rings. The van der Waals surface area contributed by atoms with Crippen molar-refractivity contribution in [3.8, 4) is 10.4 Å². The predicted molar refractivity (Wildman–Crippen MR) is 92.6 cm³/mol. The van der Waals surface area contributed by atoms with Crippen LogP contribution in [0.15, 0.2) is 30.3 Å². The molecule has 0 spiro atoms. The fourth-order valence-electron chi connectivity index (χ4n) is 2.76. The molecule has 3 nitrogen and oxygen atoms in total. The highest BCUT2D eigenvalue weighted by Crippen LogP contribution is 2.34. The highest BCUT2D eigenvalue weighted by molar-refractivity contribution is 7.17. The molecule has 1 amide bonds. The van der Waals surface area contributed by atoms with Crippen molar-refractivity contribution in [1.29, 1.82) is 0 Å². The molecule has 0 aliphatic carbocycles. The fraction of sp³-hybridized carbons (Fsp3) is 0.353. The van der Waals surface area contributed by atoms with Crippen molar-refractivity contribution in [1.82, 2.24) is 4.90 Å². The largest absolute Gasteiger partial charge is 0.338 e. The van der Waals surface area contributed by atoms with Gasteiger partial charge in [0.1, 0.15) is 0 Å². The van der Waals surface area contributed by atoms with Gasteiger partial charge in [0.05, 0.1) is 4.88 Å². The lowest BCUT2D eigenvalue weighted by atomic mass is 10.1. The van der Waals surface area contributed by atoms with Gasteiger partial charge >= 0.3 is 0 Å². The van der Waals surface area contributed by atoms with Crippen molar-refractivity contribution < 1.29 is 4.79 Å². The molecule has 1 aliphatic rings. The standard InChI is InChI=1S/C17H19ClN2OS/c1-11-9-15(17(21)20-7-5-14(19)6-8-20)22-16(11)12-3-2-4-13(18)10-12/h2-4,9-10,14H,5-8,19H2,1H3. The lowest BCUT2D eigenvalue weighted by Gasteiger charge is -2.29. The Balaban J connectivity index is 1.84. The summed E-state index contributed by atoms with van der Waals surface area (Å²) in [7, 11) is 0. The topological polar surface area (TPSA) is 46.3 Å². The summed E-state index contributed by atoms with van der Waals surface area (Å²) in [5, 5.41) is 0.711. The van der Waals surface area contributed by atoms with Crippen LogP contribution in [0.3, 0.4) is 0 Å². The Hall–Kier alpha value is -1.36. The van der Waals surface area contributed by atoms with Gasteiger partial charge in [0.15, 0.2) is 0 Å². The number of carbonyl (C=O) groups excluding carboxylic acids is 1. The van der Waals surface area contributed by atoms with Gasteiger partial charge in [-0.1, -0.05) is 23.7 Å². The van der Waals surface area contributed by atoms with Crippen LogP contribution in [0.1, 0.15) is 28.1 Å². The van der Waals surface area contributed by atoms with E-state index in [0.717, 1.165) is 46.8 Å². The summed E-state index contributed by atoms with van der Waals surface area (Å²) >= 11 is 7.61. The smallest absolute Gasteiger partial charge is 0.263 e. The van der Waals surface area contributed by atoms with Gasteiger partial charge in [-0.05, 0) is 49.1 Å². The van der Waals surface area contributed by atoms with Gasteiger partial charge in [-0.15, -0.1) is 11.3 Å². The number of hydrogen-bond donors (Lipinski definition) is 1. The molecule has 1 aromatic carbocycles. The van der Waals surface area contributed by atoms with Crippen LogP contribution >= 0.6 is 22.9 Å². The summed E-state index contributed by atoms with van der Waals surface area (Å²) in [6.45, 7) is 3.54. The first-order chi connectivity index (χ1) is 10.5. The Labute approximate surface area is 139 Å². The molecule has 2 heterocycles. The van der Waals surface area contributed by atoms with E-state index in [1.54, 1.807) is 11.3 Å². The van der Waals surface area contributed by atoms with E-state index in [2.05, 4.69) is 0 Å². The average Bonchev–Trinajstić information content (AvgIpc) is 2.89. The maximum atomic E-state index is 12.6. The van der Waals surface area contributed by atoms with Crippen molar-refractivity contribution in [2.75, 3.05) is 13.1 Å². The molecule has 1 saturated heterocycles. The molecule has 0 saturated carbocycles. The van der Waals surface area contributed by atoms with Gasteiger partial charge < -0.3 is 10.6 Å². The molecule has 0 atom stereocenters. The average molecular weight is 335 g/mol. The van der Waals surface area contributed by atoms with Gasteiger partial charge in [0, 0.05) is 29.0 Å². The highest BCUT2D eigenvalue weighted by Gasteiger charge is 2.23. The molecule has 5 heteroatoms. The number of hydrogen-bond acceptors (Lipinski definition) is 3. The molecular formula is C17H19ClN2OS. The number of piperidine rings is 1. The monoisotopic (exact) mass is 334 g/mol. The summed E-state index contributed by atoms with van der Waals surface area (Å²) in [6, 6.07) is 9.98. The third kappa shape index (κ3) is 3.19. The van der Waals surface area contributed by atoms with Crippen LogP contribution in [-0.4, -0.2) is 29.9 Å². The van der Waals surface area contributed by atoms with E-state index >= 15 is 0 Å². The first kappa shape index (κ1) is 15.5. The maximum Gasteiger partial charge on any atom is 0.263 e. The zero-order valence-corrected chi connectivity index (χ0v) is 14.1. The second kappa shape index (κ2) is 6.41. The van der Waals surface area contributed by atoms with Crippen LogP contribution < -0.4 is 5.73 Å². The molecule has 22 heavy (non-hydrogen) atoms. The number of rotatable bonds is 2. The zero-order valence-electron chi connectivity index (χ0n) is 12.5. The summed E-state index contributed by atoms with van der Waals surface area (Å²) in [5.41, 5.74) is 8.09. The van der Waals surface area contributed by atoms with Crippen molar-refractivity contribution >= 4 is 28.8 Å². The summed E-state index contributed by atoms with van der Waals surface area (Å²) in [6.07, 6.45) is 1.77. The predicted octanol–water partition coefficient (Wildman–Crippen LogP) is 3.94. The Kier molecular flexibility index (Phi) is 4.52.